The highest BCUT2D eigenvalue weighted by Crippen LogP contribution is 2.22. The van der Waals surface area contributed by atoms with Gasteiger partial charge in [0, 0.05) is 18.5 Å². The van der Waals surface area contributed by atoms with Gasteiger partial charge in [0.2, 0.25) is 0 Å². The van der Waals surface area contributed by atoms with Gasteiger partial charge in [0.1, 0.15) is 10.7 Å². The van der Waals surface area contributed by atoms with Crippen molar-refractivity contribution in [2.75, 3.05) is 7.11 Å². The largest absolute Gasteiger partial charge is 0.381 e. The molecular formula is C12H19N3O2S. The van der Waals surface area contributed by atoms with E-state index in [0.29, 0.717) is 5.69 Å². The van der Waals surface area contributed by atoms with Crippen molar-refractivity contribution in [1.82, 2.24) is 10.3 Å². The van der Waals surface area contributed by atoms with Crippen LogP contribution in [0, 0.1) is 0 Å². The molecule has 0 radical (unpaired) electrons. The van der Waals surface area contributed by atoms with Crippen LogP contribution in [0.1, 0.15) is 47.7 Å². The number of nitrogens with two attached hydrogens (primary N) is 1. The number of aromatic nitrogens is 1. The normalized spacial score (nSPS) is 25.1. The molecule has 1 heterocycles. The Bertz CT molecular complexity index is 419. The van der Waals surface area contributed by atoms with Gasteiger partial charge >= 0.3 is 0 Å². The minimum Gasteiger partial charge on any atom is -0.381 e. The molecule has 5 nitrogen and oxygen atoms in total. The van der Waals surface area contributed by atoms with E-state index in [1.807, 2.05) is 6.92 Å². The summed E-state index contributed by atoms with van der Waals surface area (Å²) in [5.74, 6) is -0.111. The Kier molecular flexibility index (Phi) is 4.31. The molecule has 0 spiro atoms. The standard InChI is InChI=1S/C12H19N3O2S/c1-7(13)12-15-10(6-18-12)11(16)14-8-3-4-9(5-8)17-2/h6-9H,3-5,13H2,1-2H3,(H,14,16). The van der Waals surface area contributed by atoms with E-state index in [1.165, 1.54) is 11.3 Å². The zero-order chi connectivity index (χ0) is 13.1. The van der Waals surface area contributed by atoms with Crippen molar-refractivity contribution in [3.8, 4) is 0 Å². The van der Waals surface area contributed by atoms with E-state index in [0.717, 1.165) is 24.3 Å². The molecule has 1 aliphatic rings. The monoisotopic (exact) mass is 269 g/mol. The number of ether oxygens (including phenoxy) is 1. The average Bonchev–Trinajstić information content (AvgIpc) is 2.97. The van der Waals surface area contributed by atoms with Crippen molar-refractivity contribution < 1.29 is 9.53 Å². The van der Waals surface area contributed by atoms with Crippen molar-refractivity contribution in [2.45, 2.75) is 44.4 Å². The van der Waals surface area contributed by atoms with E-state index in [-0.39, 0.29) is 24.1 Å². The molecule has 1 aromatic rings. The summed E-state index contributed by atoms with van der Waals surface area (Å²) in [5.41, 5.74) is 6.19. The number of carbonyl (C=O) groups is 1. The molecule has 0 saturated heterocycles. The molecule has 3 unspecified atom stereocenters. The first-order valence-corrected chi connectivity index (χ1v) is 7.02. The number of nitrogens with one attached hydrogen (secondary N) is 1. The number of nitrogens with zero attached hydrogens (tertiary/aromatic N) is 1. The number of rotatable bonds is 4. The molecule has 3 N–H and O–H groups in total. The first-order valence-electron chi connectivity index (χ1n) is 6.14. The van der Waals surface area contributed by atoms with E-state index < -0.39 is 0 Å². The van der Waals surface area contributed by atoms with Crippen LogP contribution in [0.4, 0.5) is 0 Å². The van der Waals surface area contributed by atoms with E-state index in [1.54, 1.807) is 12.5 Å². The number of methoxy groups -OCH3 is 1. The van der Waals surface area contributed by atoms with Gasteiger partial charge in [-0.05, 0) is 26.2 Å². The topological polar surface area (TPSA) is 77.2 Å². The summed E-state index contributed by atoms with van der Waals surface area (Å²) < 4.78 is 5.28. The molecule has 6 heteroatoms. The van der Waals surface area contributed by atoms with Crippen molar-refractivity contribution in [3.63, 3.8) is 0 Å². The van der Waals surface area contributed by atoms with E-state index in [9.17, 15) is 4.79 Å². The summed E-state index contributed by atoms with van der Waals surface area (Å²) in [6, 6.07) is 0.0730. The lowest BCUT2D eigenvalue weighted by Crippen LogP contribution is -2.33. The third kappa shape index (κ3) is 3.07. The summed E-state index contributed by atoms with van der Waals surface area (Å²) in [6.45, 7) is 1.86. The van der Waals surface area contributed by atoms with E-state index >= 15 is 0 Å². The molecule has 18 heavy (non-hydrogen) atoms. The van der Waals surface area contributed by atoms with Crippen molar-refractivity contribution in [2.24, 2.45) is 5.73 Å². The minimum atomic E-state index is -0.124. The van der Waals surface area contributed by atoms with Gasteiger partial charge in [-0.3, -0.25) is 4.79 Å². The molecule has 1 amide bonds. The lowest BCUT2D eigenvalue weighted by molar-refractivity contribution is 0.0911. The highest BCUT2D eigenvalue weighted by molar-refractivity contribution is 7.09. The highest BCUT2D eigenvalue weighted by Gasteiger charge is 2.26. The van der Waals surface area contributed by atoms with Gasteiger partial charge in [0.15, 0.2) is 0 Å². The van der Waals surface area contributed by atoms with Crippen LogP contribution in [0.2, 0.25) is 0 Å². The summed E-state index contributed by atoms with van der Waals surface area (Å²) in [5, 5.41) is 5.55. The van der Waals surface area contributed by atoms with Gasteiger partial charge in [0.05, 0.1) is 12.1 Å². The van der Waals surface area contributed by atoms with E-state index in [4.69, 9.17) is 10.5 Å². The Labute approximate surface area is 111 Å². The highest BCUT2D eigenvalue weighted by atomic mass is 32.1. The number of carbonyl (C=O) groups excluding carboxylic acids is 1. The predicted molar refractivity (Wildman–Crippen MR) is 70.6 cm³/mol. The molecule has 100 valence electrons. The SMILES string of the molecule is COC1CCC(NC(=O)c2csc(C(C)N)n2)C1. The van der Waals surface area contributed by atoms with Gasteiger partial charge in [-0.15, -0.1) is 11.3 Å². The molecule has 1 aliphatic carbocycles. The van der Waals surface area contributed by atoms with Gasteiger partial charge in [0.25, 0.3) is 5.91 Å². The van der Waals surface area contributed by atoms with Crippen molar-refractivity contribution in [3.05, 3.63) is 16.1 Å². The first kappa shape index (κ1) is 13.5. The van der Waals surface area contributed by atoms with Crippen LogP contribution in [0.25, 0.3) is 0 Å². The van der Waals surface area contributed by atoms with Crippen LogP contribution >= 0.6 is 11.3 Å². The van der Waals surface area contributed by atoms with Gasteiger partial charge < -0.3 is 15.8 Å². The Morgan fingerprint density at radius 3 is 3.00 bits per heavy atom. The molecule has 1 aromatic heterocycles. The van der Waals surface area contributed by atoms with Gasteiger partial charge in [-0.1, -0.05) is 0 Å². The van der Waals surface area contributed by atoms with Gasteiger partial charge in [-0.25, -0.2) is 4.98 Å². The lowest BCUT2D eigenvalue weighted by Gasteiger charge is -2.11. The Hall–Kier alpha value is -0.980. The lowest BCUT2D eigenvalue weighted by atomic mass is 10.2. The number of amides is 1. The quantitative estimate of drug-likeness (QED) is 0.867. The Morgan fingerprint density at radius 2 is 2.44 bits per heavy atom. The maximum Gasteiger partial charge on any atom is 0.270 e. The molecule has 1 fully saturated rings. The minimum absolute atomic E-state index is 0.111. The maximum atomic E-state index is 12.0. The number of thiazole rings is 1. The summed E-state index contributed by atoms with van der Waals surface area (Å²) in [7, 11) is 1.71. The van der Waals surface area contributed by atoms with Crippen LogP contribution in [-0.4, -0.2) is 30.1 Å². The number of hydrogen-bond donors (Lipinski definition) is 2. The Morgan fingerprint density at radius 1 is 1.67 bits per heavy atom. The third-order valence-corrected chi connectivity index (χ3v) is 4.24. The van der Waals surface area contributed by atoms with Crippen molar-refractivity contribution >= 4 is 17.2 Å². The van der Waals surface area contributed by atoms with Crippen LogP contribution < -0.4 is 11.1 Å². The van der Waals surface area contributed by atoms with Crippen LogP contribution in [0.3, 0.4) is 0 Å². The second kappa shape index (κ2) is 5.77. The molecule has 0 aromatic carbocycles. The summed E-state index contributed by atoms with van der Waals surface area (Å²) in [6.07, 6.45) is 3.12. The van der Waals surface area contributed by atoms with Crippen LogP contribution in [0.15, 0.2) is 5.38 Å². The second-order valence-electron chi connectivity index (χ2n) is 4.70. The smallest absolute Gasteiger partial charge is 0.270 e. The van der Waals surface area contributed by atoms with E-state index in [2.05, 4.69) is 10.3 Å². The molecule has 2 rings (SSSR count). The predicted octanol–water partition coefficient (Wildman–Crippen LogP) is 1.46. The molecule has 0 bridgehead atoms. The van der Waals surface area contributed by atoms with Gasteiger partial charge in [-0.2, -0.15) is 0 Å². The summed E-state index contributed by atoms with van der Waals surface area (Å²) >= 11 is 1.43. The van der Waals surface area contributed by atoms with Crippen molar-refractivity contribution in [1.29, 1.82) is 0 Å². The van der Waals surface area contributed by atoms with Crippen LogP contribution in [0.5, 0.6) is 0 Å². The molecule has 1 saturated carbocycles. The maximum absolute atomic E-state index is 12.0. The summed E-state index contributed by atoms with van der Waals surface area (Å²) in [4.78, 5) is 16.2. The zero-order valence-electron chi connectivity index (χ0n) is 10.7. The zero-order valence-corrected chi connectivity index (χ0v) is 11.5. The molecule has 3 atom stereocenters. The first-order chi connectivity index (χ1) is 8.60. The fourth-order valence-corrected chi connectivity index (χ4v) is 2.90. The average molecular weight is 269 g/mol. The molecular weight excluding hydrogens is 250 g/mol. The fourth-order valence-electron chi connectivity index (χ4n) is 2.15. The fraction of sp³-hybridized carbons (Fsp3) is 0.667. The third-order valence-electron chi connectivity index (χ3n) is 3.20. The second-order valence-corrected chi connectivity index (χ2v) is 5.59. The molecule has 0 aliphatic heterocycles. The number of hydrogen-bond acceptors (Lipinski definition) is 5. The van der Waals surface area contributed by atoms with Crippen LogP contribution in [-0.2, 0) is 4.74 Å². The Balaban J connectivity index is 1.91.